The largest absolute Gasteiger partial charge is 0.481 e. The molecule has 1 aliphatic carbocycles. The highest BCUT2D eigenvalue weighted by Crippen LogP contribution is 2.44. The summed E-state index contributed by atoms with van der Waals surface area (Å²) in [6, 6.07) is 0. The van der Waals surface area contributed by atoms with Crippen LogP contribution in [0.5, 0.6) is 0 Å². The van der Waals surface area contributed by atoms with Crippen LogP contribution in [0.25, 0.3) is 0 Å². The van der Waals surface area contributed by atoms with Gasteiger partial charge in [0.1, 0.15) is 0 Å². The fraction of sp³-hybridized carbons (Fsp3) is 0.875. The molecule has 1 saturated carbocycles. The molecule has 0 aromatic rings. The second kappa shape index (κ2) is 2.70. The average Bonchev–Trinajstić information content (AvgIpc) is 2.75. The molecule has 0 aromatic heterocycles. The van der Waals surface area contributed by atoms with Gasteiger partial charge in [-0.05, 0) is 24.7 Å². The van der Waals surface area contributed by atoms with Gasteiger partial charge in [0.05, 0.1) is 17.4 Å². The summed E-state index contributed by atoms with van der Waals surface area (Å²) in [7, 11) is -3.08. The summed E-state index contributed by atoms with van der Waals surface area (Å²) in [5.74, 6) is -1.39. The normalized spacial score (nSPS) is 37.5. The summed E-state index contributed by atoms with van der Waals surface area (Å²) in [4.78, 5) is 10.8. The molecule has 2 rings (SSSR count). The number of hydrogen-bond acceptors (Lipinski definition) is 3. The Morgan fingerprint density at radius 2 is 1.85 bits per heavy atom. The third-order valence-corrected chi connectivity index (χ3v) is 4.70. The summed E-state index contributed by atoms with van der Waals surface area (Å²) in [6.45, 7) is 0. The summed E-state index contributed by atoms with van der Waals surface area (Å²) in [6.07, 6.45) is 2.01. The van der Waals surface area contributed by atoms with Crippen molar-refractivity contribution in [2.24, 2.45) is 17.8 Å². The molecule has 0 radical (unpaired) electrons. The number of carboxylic acid groups (broad SMARTS) is 1. The molecule has 2 aliphatic rings. The maximum atomic E-state index is 11.2. The fourth-order valence-corrected chi connectivity index (χ4v) is 4.28. The minimum atomic E-state index is -3.08. The van der Waals surface area contributed by atoms with Gasteiger partial charge in [-0.3, -0.25) is 4.79 Å². The number of carboxylic acids is 1. The molecule has 2 unspecified atom stereocenters. The molecule has 0 amide bonds. The van der Waals surface area contributed by atoms with Gasteiger partial charge in [-0.2, -0.15) is 0 Å². The first-order valence-electron chi connectivity index (χ1n) is 4.43. The predicted octanol–water partition coefficient (Wildman–Crippen LogP) is 0.142. The van der Waals surface area contributed by atoms with E-state index in [1.54, 1.807) is 0 Å². The van der Waals surface area contributed by atoms with E-state index in [0.29, 0.717) is 5.92 Å². The summed E-state index contributed by atoms with van der Waals surface area (Å²) in [5.41, 5.74) is 0. The van der Waals surface area contributed by atoms with E-state index in [1.807, 2.05) is 0 Å². The van der Waals surface area contributed by atoms with Gasteiger partial charge in [0, 0.05) is 0 Å². The van der Waals surface area contributed by atoms with Crippen molar-refractivity contribution in [1.29, 1.82) is 0 Å². The van der Waals surface area contributed by atoms with E-state index in [2.05, 4.69) is 0 Å². The number of sulfone groups is 1. The molecule has 0 spiro atoms. The highest BCUT2D eigenvalue weighted by Gasteiger charge is 2.48. The monoisotopic (exact) mass is 204 g/mol. The van der Waals surface area contributed by atoms with Gasteiger partial charge >= 0.3 is 5.97 Å². The van der Waals surface area contributed by atoms with E-state index < -0.39 is 21.7 Å². The molecule has 5 heteroatoms. The predicted molar refractivity (Wildman–Crippen MR) is 46.0 cm³/mol. The minimum absolute atomic E-state index is 0.0919. The summed E-state index contributed by atoms with van der Waals surface area (Å²) in [5, 5.41) is 8.83. The SMILES string of the molecule is O=C(O)C1CS(=O)(=O)CC1C1CC1. The van der Waals surface area contributed by atoms with Crippen LogP contribution in [0.1, 0.15) is 12.8 Å². The molecule has 1 N–H and O–H groups in total. The lowest BCUT2D eigenvalue weighted by Crippen LogP contribution is -2.23. The van der Waals surface area contributed by atoms with E-state index in [4.69, 9.17) is 5.11 Å². The van der Waals surface area contributed by atoms with Crippen molar-refractivity contribution >= 4 is 15.8 Å². The zero-order valence-electron chi connectivity index (χ0n) is 7.14. The molecule has 1 saturated heterocycles. The smallest absolute Gasteiger partial charge is 0.307 e. The lowest BCUT2D eigenvalue weighted by atomic mass is 9.92. The van der Waals surface area contributed by atoms with Gasteiger partial charge in [-0.1, -0.05) is 0 Å². The molecule has 2 fully saturated rings. The van der Waals surface area contributed by atoms with Crippen molar-refractivity contribution in [3.8, 4) is 0 Å². The van der Waals surface area contributed by atoms with Crippen molar-refractivity contribution in [2.45, 2.75) is 12.8 Å². The average molecular weight is 204 g/mol. The van der Waals surface area contributed by atoms with E-state index in [9.17, 15) is 13.2 Å². The van der Waals surface area contributed by atoms with Gasteiger partial charge in [0.15, 0.2) is 9.84 Å². The molecular weight excluding hydrogens is 192 g/mol. The van der Waals surface area contributed by atoms with Crippen molar-refractivity contribution in [1.82, 2.24) is 0 Å². The lowest BCUT2D eigenvalue weighted by Gasteiger charge is -2.11. The van der Waals surface area contributed by atoms with Crippen molar-refractivity contribution in [3.63, 3.8) is 0 Å². The minimum Gasteiger partial charge on any atom is -0.481 e. The van der Waals surface area contributed by atoms with Gasteiger partial charge in [-0.15, -0.1) is 0 Å². The molecule has 1 heterocycles. The zero-order valence-corrected chi connectivity index (χ0v) is 7.96. The van der Waals surface area contributed by atoms with Gasteiger partial charge in [0.25, 0.3) is 0 Å². The molecule has 0 aromatic carbocycles. The van der Waals surface area contributed by atoms with Crippen molar-refractivity contribution in [2.75, 3.05) is 11.5 Å². The quantitative estimate of drug-likeness (QED) is 0.694. The van der Waals surface area contributed by atoms with Crippen LogP contribution in [0.15, 0.2) is 0 Å². The van der Waals surface area contributed by atoms with E-state index in [1.165, 1.54) is 0 Å². The first-order chi connectivity index (χ1) is 5.99. The van der Waals surface area contributed by atoms with Crippen LogP contribution in [0.2, 0.25) is 0 Å². The lowest BCUT2D eigenvalue weighted by molar-refractivity contribution is -0.142. The Bertz CT molecular complexity index is 328. The number of hydrogen-bond donors (Lipinski definition) is 1. The molecule has 2 atom stereocenters. The maximum absolute atomic E-state index is 11.2. The van der Waals surface area contributed by atoms with Crippen LogP contribution >= 0.6 is 0 Å². The zero-order chi connectivity index (χ0) is 9.64. The van der Waals surface area contributed by atoms with Crippen LogP contribution in [0.3, 0.4) is 0 Å². The first-order valence-corrected chi connectivity index (χ1v) is 6.25. The fourth-order valence-electron chi connectivity index (χ4n) is 2.12. The van der Waals surface area contributed by atoms with Gasteiger partial charge < -0.3 is 5.11 Å². The Hall–Kier alpha value is -0.580. The second-order valence-corrected chi connectivity index (χ2v) is 6.18. The van der Waals surface area contributed by atoms with E-state index in [0.717, 1.165) is 12.8 Å². The van der Waals surface area contributed by atoms with Crippen LogP contribution in [-0.2, 0) is 14.6 Å². The Morgan fingerprint density at radius 1 is 1.23 bits per heavy atom. The first kappa shape index (κ1) is 8.99. The summed E-state index contributed by atoms with van der Waals surface area (Å²) < 4.78 is 22.4. The van der Waals surface area contributed by atoms with Crippen molar-refractivity contribution < 1.29 is 18.3 Å². The van der Waals surface area contributed by atoms with Gasteiger partial charge in [-0.25, -0.2) is 8.42 Å². The highest BCUT2D eigenvalue weighted by molar-refractivity contribution is 7.91. The maximum Gasteiger partial charge on any atom is 0.307 e. The van der Waals surface area contributed by atoms with Crippen molar-refractivity contribution in [3.05, 3.63) is 0 Å². The Kier molecular flexibility index (Phi) is 1.87. The highest BCUT2D eigenvalue weighted by atomic mass is 32.2. The standard InChI is InChI=1S/C8H12O4S/c9-8(10)7-4-13(11,12)3-6(7)5-1-2-5/h5-7H,1-4H2,(H,9,10). The summed E-state index contributed by atoms with van der Waals surface area (Å²) >= 11 is 0. The second-order valence-electron chi connectivity index (χ2n) is 4.02. The number of carbonyl (C=O) groups is 1. The van der Waals surface area contributed by atoms with Gasteiger partial charge in [0.2, 0.25) is 0 Å². The molecule has 1 aliphatic heterocycles. The number of rotatable bonds is 2. The third kappa shape index (κ3) is 1.70. The topological polar surface area (TPSA) is 71.4 Å². The van der Waals surface area contributed by atoms with Crippen LogP contribution in [0.4, 0.5) is 0 Å². The molecule has 13 heavy (non-hydrogen) atoms. The van der Waals surface area contributed by atoms with E-state index >= 15 is 0 Å². The Labute approximate surface area is 76.9 Å². The molecule has 0 bridgehead atoms. The number of aliphatic carboxylic acids is 1. The van der Waals surface area contributed by atoms with E-state index in [-0.39, 0.29) is 17.4 Å². The molecular formula is C8H12O4S. The van der Waals surface area contributed by atoms with Crippen LogP contribution in [-0.4, -0.2) is 31.0 Å². The Balaban J connectivity index is 2.20. The van der Waals surface area contributed by atoms with Crippen LogP contribution < -0.4 is 0 Å². The van der Waals surface area contributed by atoms with Crippen LogP contribution in [0, 0.1) is 17.8 Å². The molecule has 74 valence electrons. The Morgan fingerprint density at radius 3 is 2.31 bits per heavy atom. The third-order valence-electron chi connectivity index (χ3n) is 2.94. The molecule has 4 nitrogen and oxygen atoms in total.